The number of furan rings is 1. The standard InChI is InChI=1S/C51H31N5O/c1-6-16-43-37(11-1)38-12-2-7-17-44(38)55(43)50-52-49(53-51(54-50)56-45-18-8-3-13-39(45)40-14-4-9-19-46(40)56)35-27-25-33(26-28-35)32-21-23-34(24-22-32)36-29-30-42-41-15-5-10-20-47(41)57-48(42)31-36/h1-31H. The van der Waals surface area contributed by atoms with Gasteiger partial charge in [-0.05, 0) is 64.7 Å². The molecule has 0 saturated carbocycles. The van der Waals surface area contributed by atoms with Gasteiger partial charge in [-0.2, -0.15) is 15.0 Å². The van der Waals surface area contributed by atoms with Gasteiger partial charge in [0.05, 0.1) is 22.1 Å². The van der Waals surface area contributed by atoms with Crippen LogP contribution in [0.25, 0.3) is 111 Å². The first-order valence-electron chi connectivity index (χ1n) is 19.1. The molecule has 4 heterocycles. The van der Waals surface area contributed by atoms with Crippen molar-refractivity contribution in [2.24, 2.45) is 0 Å². The van der Waals surface area contributed by atoms with Crippen molar-refractivity contribution in [3.63, 3.8) is 0 Å². The van der Waals surface area contributed by atoms with Crippen LogP contribution in [-0.4, -0.2) is 24.1 Å². The van der Waals surface area contributed by atoms with Gasteiger partial charge < -0.3 is 4.42 Å². The van der Waals surface area contributed by atoms with Gasteiger partial charge in [-0.15, -0.1) is 0 Å². The molecule has 6 heteroatoms. The minimum absolute atomic E-state index is 0.565. The molecule has 8 aromatic carbocycles. The Morgan fingerprint density at radius 3 is 1.16 bits per heavy atom. The highest BCUT2D eigenvalue weighted by Crippen LogP contribution is 2.36. The van der Waals surface area contributed by atoms with E-state index in [-0.39, 0.29) is 0 Å². The molecule has 0 aliphatic carbocycles. The summed E-state index contributed by atoms with van der Waals surface area (Å²) in [5, 5.41) is 6.88. The second kappa shape index (κ2) is 12.3. The molecule has 0 N–H and O–H groups in total. The molecule has 12 rings (SSSR count). The molecule has 0 unspecified atom stereocenters. The molecule has 4 aromatic heterocycles. The number of hydrogen-bond acceptors (Lipinski definition) is 4. The van der Waals surface area contributed by atoms with Gasteiger partial charge in [-0.25, -0.2) is 0 Å². The van der Waals surface area contributed by atoms with Crippen LogP contribution >= 0.6 is 0 Å². The van der Waals surface area contributed by atoms with E-state index in [1.165, 1.54) is 0 Å². The quantitative estimate of drug-likeness (QED) is 0.177. The van der Waals surface area contributed by atoms with Crippen LogP contribution in [0, 0.1) is 0 Å². The monoisotopic (exact) mass is 729 g/mol. The molecule has 6 nitrogen and oxygen atoms in total. The minimum atomic E-state index is 0.565. The molecule has 0 fully saturated rings. The zero-order valence-corrected chi connectivity index (χ0v) is 30.5. The molecule has 0 atom stereocenters. The van der Waals surface area contributed by atoms with Crippen molar-refractivity contribution < 1.29 is 4.42 Å². The molecule has 0 amide bonds. The van der Waals surface area contributed by atoms with Crippen molar-refractivity contribution in [1.82, 2.24) is 24.1 Å². The molecule has 12 aromatic rings. The number of nitrogens with zero attached hydrogens (tertiary/aromatic N) is 5. The Morgan fingerprint density at radius 1 is 0.298 bits per heavy atom. The Labute approximate surface area is 326 Å². The Kier molecular flexibility index (Phi) is 6.83. The highest BCUT2D eigenvalue weighted by atomic mass is 16.3. The van der Waals surface area contributed by atoms with Crippen LogP contribution in [0.3, 0.4) is 0 Å². The predicted molar refractivity (Wildman–Crippen MR) is 232 cm³/mol. The van der Waals surface area contributed by atoms with Crippen LogP contribution in [0.1, 0.15) is 0 Å². The van der Waals surface area contributed by atoms with Gasteiger partial charge in [-0.3, -0.25) is 9.13 Å². The lowest BCUT2D eigenvalue weighted by Crippen LogP contribution is -2.10. The Bertz CT molecular complexity index is 3280. The third kappa shape index (κ3) is 4.94. The minimum Gasteiger partial charge on any atom is -0.456 e. The fraction of sp³-hybridized carbons (Fsp3) is 0. The van der Waals surface area contributed by atoms with Crippen molar-refractivity contribution in [2.45, 2.75) is 0 Å². The molecule has 57 heavy (non-hydrogen) atoms. The number of benzene rings is 8. The number of fused-ring (bicyclic) bond motifs is 9. The molecule has 0 radical (unpaired) electrons. The first kappa shape index (κ1) is 31.5. The van der Waals surface area contributed by atoms with Crippen molar-refractivity contribution >= 4 is 65.6 Å². The van der Waals surface area contributed by atoms with E-state index in [1.54, 1.807) is 0 Å². The van der Waals surface area contributed by atoms with Gasteiger partial charge >= 0.3 is 0 Å². The van der Waals surface area contributed by atoms with E-state index >= 15 is 0 Å². The molecule has 0 spiro atoms. The normalized spacial score (nSPS) is 11.9. The first-order chi connectivity index (χ1) is 28.2. The molecule has 266 valence electrons. The molecular formula is C51H31N5O. The summed E-state index contributed by atoms with van der Waals surface area (Å²) < 4.78 is 10.5. The van der Waals surface area contributed by atoms with Crippen LogP contribution in [0.4, 0.5) is 0 Å². The maximum Gasteiger partial charge on any atom is 0.240 e. The Balaban J connectivity index is 0.973. The van der Waals surface area contributed by atoms with Gasteiger partial charge in [0.1, 0.15) is 11.2 Å². The highest BCUT2D eigenvalue weighted by molar-refractivity contribution is 6.10. The third-order valence-electron chi connectivity index (χ3n) is 11.2. The molecule has 0 bridgehead atoms. The summed E-state index contributed by atoms with van der Waals surface area (Å²) in [5.74, 6) is 1.73. The van der Waals surface area contributed by atoms with Gasteiger partial charge in [0.25, 0.3) is 0 Å². The fourth-order valence-corrected chi connectivity index (χ4v) is 8.53. The summed E-state index contributed by atoms with van der Waals surface area (Å²) in [6, 6.07) is 65.7. The van der Waals surface area contributed by atoms with Gasteiger partial charge in [0.15, 0.2) is 5.82 Å². The average Bonchev–Trinajstić information content (AvgIpc) is 3.94. The van der Waals surface area contributed by atoms with E-state index in [0.29, 0.717) is 17.7 Å². The van der Waals surface area contributed by atoms with Crippen molar-refractivity contribution in [3.05, 3.63) is 188 Å². The van der Waals surface area contributed by atoms with Crippen LogP contribution in [0.5, 0.6) is 0 Å². The Morgan fingerprint density at radius 2 is 0.667 bits per heavy atom. The lowest BCUT2D eigenvalue weighted by Gasteiger charge is -2.13. The second-order valence-electron chi connectivity index (χ2n) is 14.5. The summed E-state index contributed by atoms with van der Waals surface area (Å²) in [7, 11) is 0. The summed E-state index contributed by atoms with van der Waals surface area (Å²) in [5.41, 5.74) is 11.4. The smallest absolute Gasteiger partial charge is 0.240 e. The van der Waals surface area contributed by atoms with Crippen LogP contribution < -0.4 is 0 Å². The zero-order valence-electron chi connectivity index (χ0n) is 30.5. The molecule has 0 aliphatic heterocycles. The van der Waals surface area contributed by atoms with Gasteiger partial charge in [0.2, 0.25) is 11.9 Å². The summed E-state index contributed by atoms with van der Waals surface area (Å²) in [6.07, 6.45) is 0. The number of para-hydroxylation sites is 5. The van der Waals surface area contributed by atoms with Crippen molar-refractivity contribution in [1.29, 1.82) is 0 Å². The SMILES string of the molecule is c1ccc2c(c1)oc1cc(-c3ccc(-c4ccc(-c5nc(-n6c7ccccc7c7ccccc76)nc(-n6c7ccccc7c7ccccc76)n5)cc4)cc3)ccc12. The van der Waals surface area contributed by atoms with Crippen molar-refractivity contribution in [3.8, 4) is 45.5 Å². The number of rotatable bonds is 5. The fourth-order valence-electron chi connectivity index (χ4n) is 8.53. The average molecular weight is 730 g/mol. The first-order valence-corrected chi connectivity index (χ1v) is 19.1. The Hall–Kier alpha value is -7.83. The van der Waals surface area contributed by atoms with Crippen LogP contribution in [0.2, 0.25) is 0 Å². The van der Waals surface area contributed by atoms with Crippen molar-refractivity contribution in [2.75, 3.05) is 0 Å². The van der Waals surface area contributed by atoms with Crippen LogP contribution in [0.15, 0.2) is 192 Å². The maximum atomic E-state index is 6.17. The third-order valence-corrected chi connectivity index (χ3v) is 11.2. The van der Waals surface area contributed by atoms with Gasteiger partial charge in [-0.1, -0.05) is 146 Å². The lowest BCUT2D eigenvalue weighted by molar-refractivity contribution is 0.669. The predicted octanol–water partition coefficient (Wildman–Crippen LogP) is 13.0. The summed E-state index contributed by atoms with van der Waals surface area (Å²) in [4.78, 5) is 15.7. The van der Waals surface area contributed by atoms with E-state index in [0.717, 1.165) is 93.4 Å². The van der Waals surface area contributed by atoms with Crippen LogP contribution in [-0.2, 0) is 0 Å². The number of aromatic nitrogens is 5. The molecular weight excluding hydrogens is 699 g/mol. The summed E-state index contributed by atoms with van der Waals surface area (Å²) >= 11 is 0. The van der Waals surface area contributed by atoms with E-state index in [1.807, 2.05) is 12.1 Å². The van der Waals surface area contributed by atoms with Gasteiger partial charge in [0, 0.05) is 37.9 Å². The number of hydrogen-bond donors (Lipinski definition) is 0. The maximum absolute atomic E-state index is 6.17. The highest BCUT2D eigenvalue weighted by Gasteiger charge is 2.20. The van der Waals surface area contributed by atoms with E-state index < -0.39 is 0 Å². The molecule has 0 aliphatic rings. The largest absolute Gasteiger partial charge is 0.456 e. The topological polar surface area (TPSA) is 61.7 Å². The second-order valence-corrected chi connectivity index (χ2v) is 14.5. The van der Waals surface area contributed by atoms with E-state index in [4.69, 9.17) is 19.4 Å². The van der Waals surface area contributed by atoms with E-state index in [2.05, 4.69) is 185 Å². The van der Waals surface area contributed by atoms with E-state index in [9.17, 15) is 0 Å². The summed E-state index contributed by atoms with van der Waals surface area (Å²) in [6.45, 7) is 0. The zero-order chi connectivity index (χ0) is 37.5. The lowest BCUT2D eigenvalue weighted by atomic mass is 9.99. The molecule has 0 saturated heterocycles.